The Morgan fingerprint density at radius 3 is 2.40 bits per heavy atom. The maximum Gasteiger partial charge on any atom is 0.328 e. The van der Waals surface area contributed by atoms with Gasteiger partial charge in [-0.2, -0.15) is 0 Å². The zero-order valence-corrected chi connectivity index (χ0v) is 2.76. The molecule has 5 heavy (non-hydrogen) atoms. The highest BCUT2D eigenvalue weighted by atomic mass is 16.3. The van der Waals surface area contributed by atoms with Crippen molar-refractivity contribution in [2.45, 2.75) is 0 Å². The van der Waals surface area contributed by atoms with Crippen LogP contribution in [-0.2, 0) is 0 Å². The van der Waals surface area contributed by atoms with Gasteiger partial charge in [0, 0.05) is 0 Å². The highest BCUT2D eigenvalue weighted by Crippen LogP contribution is 1.56. The largest absolute Gasteiger partial charge is 0.388 e. The smallest absolute Gasteiger partial charge is 0.328 e. The summed E-state index contributed by atoms with van der Waals surface area (Å²) in [6.45, 7) is 0.0521. The van der Waals surface area contributed by atoms with E-state index in [1.807, 2.05) is 0 Å². The Hall–Kier alpha value is -0.620. The molecule has 28 valence electrons. The van der Waals surface area contributed by atoms with Crippen LogP contribution >= 0.6 is 0 Å². The van der Waals surface area contributed by atoms with Gasteiger partial charge in [0.1, 0.15) is 11.6 Å². The highest BCUT2D eigenvalue weighted by Gasteiger charge is 1.81. The Morgan fingerprint density at radius 2 is 2.40 bits per heavy atom. The van der Waals surface area contributed by atoms with E-state index in [1.165, 1.54) is 0 Å². The van der Waals surface area contributed by atoms with E-state index in [2.05, 4.69) is 4.98 Å². The van der Waals surface area contributed by atoms with Gasteiger partial charge in [0.05, 0.1) is 0 Å². The fraction of sp³-hybridized carbons (Fsp3) is 1.00. The zero-order valence-electron chi connectivity index (χ0n) is 2.76. The second-order valence-corrected chi connectivity index (χ2v) is 0.589. The van der Waals surface area contributed by atoms with E-state index >= 15 is 0 Å². The van der Waals surface area contributed by atoms with E-state index < -0.39 is 0 Å². The van der Waals surface area contributed by atoms with Crippen molar-refractivity contribution in [3.8, 4) is 0 Å². The van der Waals surface area contributed by atoms with E-state index in [1.54, 1.807) is 0 Å². The summed E-state index contributed by atoms with van der Waals surface area (Å²) in [5.74, 6) is 0. The minimum atomic E-state index is -0.0729. The standard InChI is InChI=1S/C2H5N2O/c3-4-1-2-5/h5H,1-2H2/q+1. The Bertz CT molecular complexity index is 46.1. The first-order chi connectivity index (χ1) is 2.41. The van der Waals surface area contributed by atoms with Gasteiger partial charge < -0.3 is 5.11 Å². The molecule has 0 amide bonds. The minimum Gasteiger partial charge on any atom is -0.388 e. The number of nitrogens with zero attached hydrogens (tertiary/aromatic N) is 2. The summed E-state index contributed by atoms with van der Waals surface area (Å²) in [5, 5.41) is 15.3. The highest BCUT2D eigenvalue weighted by molar-refractivity contribution is 4.47. The zero-order chi connectivity index (χ0) is 4.12. The van der Waals surface area contributed by atoms with Crippen molar-refractivity contribution in [2.24, 2.45) is 0 Å². The predicted molar refractivity (Wildman–Crippen MR) is 17.0 cm³/mol. The van der Waals surface area contributed by atoms with Gasteiger partial charge in [-0.1, -0.05) is 0 Å². The van der Waals surface area contributed by atoms with Gasteiger partial charge in [-0.15, -0.1) is 0 Å². The van der Waals surface area contributed by atoms with Crippen molar-refractivity contribution >= 4 is 0 Å². The van der Waals surface area contributed by atoms with E-state index in [4.69, 9.17) is 10.5 Å². The van der Waals surface area contributed by atoms with Gasteiger partial charge in [-0.25, -0.2) is 0 Å². The van der Waals surface area contributed by atoms with E-state index in [9.17, 15) is 0 Å². The lowest BCUT2D eigenvalue weighted by atomic mass is 10.8. The lowest BCUT2D eigenvalue weighted by molar-refractivity contribution is 0.314. The molecule has 0 aliphatic heterocycles. The second kappa shape index (κ2) is 3.38. The van der Waals surface area contributed by atoms with Crippen LogP contribution in [0.25, 0.3) is 4.98 Å². The van der Waals surface area contributed by atoms with E-state index in [0.29, 0.717) is 0 Å². The molecule has 0 heterocycles. The van der Waals surface area contributed by atoms with Crippen LogP contribution in [0.4, 0.5) is 0 Å². The third kappa shape index (κ3) is 3.38. The average molecular weight is 73.1 g/mol. The second-order valence-electron chi connectivity index (χ2n) is 0.589. The van der Waals surface area contributed by atoms with Crippen LogP contribution in [0.2, 0.25) is 0 Å². The van der Waals surface area contributed by atoms with Gasteiger partial charge in [-0.05, 0) is 0 Å². The Labute approximate surface area is 29.9 Å². The predicted octanol–water partition coefficient (Wildman–Crippen LogP) is -0.168. The van der Waals surface area contributed by atoms with Crippen LogP contribution < -0.4 is 0 Å². The molecule has 0 aromatic heterocycles. The van der Waals surface area contributed by atoms with Crippen molar-refractivity contribution in [3.05, 3.63) is 4.98 Å². The lowest BCUT2D eigenvalue weighted by Crippen LogP contribution is -1.80. The van der Waals surface area contributed by atoms with Crippen LogP contribution in [0.3, 0.4) is 0 Å². The quantitative estimate of drug-likeness (QED) is 0.438. The van der Waals surface area contributed by atoms with Gasteiger partial charge >= 0.3 is 6.54 Å². The minimum absolute atomic E-state index is 0.0729. The third-order valence-corrected chi connectivity index (χ3v) is 0.200. The molecule has 0 aliphatic carbocycles. The first-order valence-electron chi connectivity index (χ1n) is 1.33. The van der Waals surface area contributed by atoms with E-state index in [0.717, 1.165) is 0 Å². The monoisotopic (exact) mass is 73.0 g/mol. The fourth-order valence-electron chi connectivity index (χ4n) is 0.0447. The van der Waals surface area contributed by atoms with Crippen LogP contribution in [0, 0.1) is 5.39 Å². The number of hydrogen-bond donors (Lipinski definition) is 1. The molecule has 0 saturated heterocycles. The van der Waals surface area contributed by atoms with Crippen molar-refractivity contribution in [2.75, 3.05) is 13.2 Å². The molecule has 0 radical (unpaired) electrons. The SMILES string of the molecule is N#[N+]CCO. The van der Waals surface area contributed by atoms with E-state index in [-0.39, 0.29) is 13.2 Å². The summed E-state index contributed by atoms with van der Waals surface area (Å²) in [6, 6.07) is 0. The molecule has 0 rings (SSSR count). The molecule has 0 aromatic rings. The molecular formula is C2H5N2O+. The van der Waals surface area contributed by atoms with Crippen LogP contribution in [0.1, 0.15) is 0 Å². The summed E-state index contributed by atoms with van der Waals surface area (Å²) in [6.07, 6.45) is 0. The van der Waals surface area contributed by atoms with Gasteiger partial charge in [-0.3, -0.25) is 0 Å². The molecule has 0 aromatic carbocycles. The summed E-state index contributed by atoms with van der Waals surface area (Å²) in [4.78, 5) is 2.60. The van der Waals surface area contributed by atoms with Crippen molar-refractivity contribution in [1.82, 2.24) is 0 Å². The lowest BCUT2D eigenvalue weighted by Gasteiger charge is -1.56. The topological polar surface area (TPSA) is 48.4 Å². The van der Waals surface area contributed by atoms with Crippen molar-refractivity contribution < 1.29 is 5.11 Å². The van der Waals surface area contributed by atoms with Gasteiger partial charge in [0.2, 0.25) is 5.39 Å². The third-order valence-electron chi connectivity index (χ3n) is 0.200. The number of hydrogen-bond acceptors (Lipinski definition) is 2. The number of rotatable bonds is 1. The number of aliphatic hydroxyl groups is 1. The summed E-state index contributed by atoms with van der Waals surface area (Å²) < 4.78 is 0. The average Bonchev–Trinajstić information content (AvgIpc) is 1.41. The molecule has 0 unspecified atom stereocenters. The molecule has 0 spiro atoms. The maximum absolute atomic E-state index is 7.81. The molecule has 0 saturated carbocycles. The number of diazo groups is 1. The first-order valence-corrected chi connectivity index (χ1v) is 1.33. The molecule has 0 fully saturated rings. The van der Waals surface area contributed by atoms with Gasteiger partial charge in [0.15, 0.2) is 0 Å². The molecule has 3 heteroatoms. The first kappa shape index (κ1) is 4.38. The summed E-state index contributed by atoms with van der Waals surface area (Å²) in [7, 11) is 0. The van der Waals surface area contributed by atoms with Crippen LogP contribution in [-0.4, -0.2) is 18.3 Å². The van der Waals surface area contributed by atoms with Gasteiger partial charge in [0.25, 0.3) is 0 Å². The maximum atomic E-state index is 7.81. The van der Waals surface area contributed by atoms with Crippen LogP contribution in [0.15, 0.2) is 0 Å². The molecular weight excluding hydrogens is 68.0 g/mol. The van der Waals surface area contributed by atoms with Crippen molar-refractivity contribution in [1.29, 1.82) is 5.39 Å². The summed E-state index contributed by atoms with van der Waals surface area (Å²) >= 11 is 0. The Balaban J connectivity index is 2.48. The molecule has 3 nitrogen and oxygen atoms in total. The fourth-order valence-corrected chi connectivity index (χ4v) is 0.0447. The molecule has 0 atom stereocenters. The molecule has 0 bridgehead atoms. The Morgan fingerprint density at radius 1 is 1.80 bits per heavy atom. The number of aliphatic hydroxyl groups excluding tert-OH is 1. The van der Waals surface area contributed by atoms with Crippen molar-refractivity contribution in [3.63, 3.8) is 0 Å². The molecule has 1 N–H and O–H groups in total. The molecule has 0 aliphatic rings. The Kier molecular flexibility index (Phi) is 2.96. The normalized spacial score (nSPS) is 6.40. The summed E-state index contributed by atoms with van der Waals surface area (Å²) in [5.41, 5.74) is 0. The van der Waals surface area contributed by atoms with Crippen LogP contribution in [0.5, 0.6) is 0 Å².